The van der Waals surface area contributed by atoms with Crippen molar-refractivity contribution in [2.75, 3.05) is 6.54 Å². The highest BCUT2D eigenvalue weighted by Gasteiger charge is 2.20. The van der Waals surface area contributed by atoms with Gasteiger partial charge in [-0.25, -0.2) is 0 Å². The number of rotatable bonds is 5. The summed E-state index contributed by atoms with van der Waals surface area (Å²) in [4.78, 5) is 25.9. The van der Waals surface area contributed by atoms with Crippen molar-refractivity contribution in [3.8, 4) is 0 Å². The van der Waals surface area contributed by atoms with Gasteiger partial charge in [0.2, 0.25) is 0 Å². The third kappa shape index (κ3) is 4.29. The second kappa shape index (κ2) is 6.72. The molecule has 2 rings (SSSR count). The molecular formula is C16H19NO3S. The fourth-order valence-corrected chi connectivity index (χ4v) is 2.79. The molecule has 0 aliphatic heterocycles. The molecule has 0 bridgehead atoms. The van der Waals surface area contributed by atoms with E-state index in [2.05, 4.69) is 13.8 Å². The van der Waals surface area contributed by atoms with E-state index >= 15 is 0 Å². The summed E-state index contributed by atoms with van der Waals surface area (Å²) in [5, 5.41) is 4.01. The summed E-state index contributed by atoms with van der Waals surface area (Å²) in [5.41, 5.74) is 0.881. The second-order valence-corrected chi connectivity index (χ2v) is 6.26. The molecule has 0 N–H and O–H groups in total. The van der Waals surface area contributed by atoms with Gasteiger partial charge in [0.15, 0.2) is 11.2 Å². The van der Waals surface area contributed by atoms with E-state index < -0.39 is 0 Å². The van der Waals surface area contributed by atoms with Crippen LogP contribution < -0.4 is 5.43 Å². The maximum atomic E-state index is 12.6. The van der Waals surface area contributed by atoms with E-state index in [1.54, 1.807) is 23.2 Å². The SMILES string of the molecule is Cc1cc(=O)cc(C(=O)N(Cc2ccsc2)CC(C)C)o1. The largest absolute Gasteiger partial charge is 0.456 e. The van der Waals surface area contributed by atoms with Crippen LogP contribution in [0.4, 0.5) is 0 Å². The maximum absolute atomic E-state index is 12.6. The Hall–Kier alpha value is -1.88. The highest BCUT2D eigenvalue weighted by atomic mass is 32.1. The van der Waals surface area contributed by atoms with Crippen molar-refractivity contribution in [1.82, 2.24) is 4.90 Å². The van der Waals surface area contributed by atoms with E-state index in [-0.39, 0.29) is 17.1 Å². The van der Waals surface area contributed by atoms with Gasteiger partial charge < -0.3 is 9.32 Å². The van der Waals surface area contributed by atoms with Crippen molar-refractivity contribution in [3.05, 3.63) is 56.3 Å². The van der Waals surface area contributed by atoms with Crippen LogP contribution in [0.15, 0.2) is 38.2 Å². The molecule has 21 heavy (non-hydrogen) atoms. The van der Waals surface area contributed by atoms with Gasteiger partial charge in [0.1, 0.15) is 5.76 Å². The van der Waals surface area contributed by atoms with Crippen molar-refractivity contribution in [3.63, 3.8) is 0 Å². The summed E-state index contributed by atoms with van der Waals surface area (Å²) in [6.45, 7) is 6.93. The van der Waals surface area contributed by atoms with Gasteiger partial charge in [-0.3, -0.25) is 9.59 Å². The Labute approximate surface area is 128 Å². The molecule has 0 spiro atoms. The van der Waals surface area contributed by atoms with E-state index in [4.69, 9.17) is 4.42 Å². The van der Waals surface area contributed by atoms with Gasteiger partial charge in [-0.05, 0) is 35.2 Å². The summed E-state index contributed by atoms with van der Waals surface area (Å²) in [6.07, 6.45) is 0. The lowest BCUT2D eigenvalue weighted by Gasteiger charge is -2.23. The number of carbonyl (C=O) groups is 1. The fraction of sp³-hybridized carbons (Fsp3) is 0.375. The molecule has 0 aromatic carbocycles. The van der Waals surface area contributed by atoms with Crippen LogP contribution in [-0.4, -0.2) is 17.4 Å². The van der Waals surface area contributed by atoms with Crippen LogP contribution in [0.1, 0.15) is 35.7 Å². The zero-order valence-corrected chi connectivity index (χ0v) is 13.3. The molecule has 2 heterocycles. The van der Waals surface area contributed by atoms with Crippen LogP contribution in [0.3, 0.4) is 0 Å². The number of thiophene rings is 1. The summed E-state index contributed by atoms with van der Waals surface area (Å²) < 4.78 is 5.41. The molecule has 0 fully saturated rings. The fourth-order valence-electron chi connectivity index (χ4n) is 2.13. The Morgan fingerprint density at radius 1 is 1.38 bits per heavy atom. The first-order valence-electron chi connectivity index (χ1n) is 6.88. The van der Waals surface area contributed by atoms with E-state index in [1.807, 2.05) is 16.8 Å². The molecule has 2 aromatic heterocycles. The van der Waals surface area contributed by atoms with Crippen LogP contribution in [0.25, 0.3) is 0 Å². The quantitative estimate of drug-likeness (QED) is 0.851. The zero-order valence-electron chi connectivity index (χ0n) is 12.5. The molecule has 112 valence electrons. The molecule has 5 heteroatoms. The number of nitrogens with zero attached hydrogens (tertiary/aromatic N) is 1. The van der Waals surface area contributed by atoms with Gasteiger partial charge in [-0.2, -0.15) is 11.3 Å². The molecule has 1 amide bonds. The van der Waals surface area contributed by atoms with E-state index in [9.17, 15) is 9.59 Å². The second-order valence-electron chi connectivity index (χ2n) is 5.48. The molecule has 2 aromatic rings. The predicted molar refractivity (Wildman–Crippen MR) is 83.6 cm³/mol. The monoisotopic (exact) mass is 305 g/mol. The van der Waals surface area contributed by atoms with Crippen molar-refractivity contribution in [1.29, 1.82) is 0 Å². The maximum Gasteiger partial charge on any atom is 0.290 e. The molecule has 0 unspecified atom stereocenters. The van der Waals surface area contributed by atoms with Crippen molar-refractivity contribution in [2.24, 2.45) is 5.92 Å². The van der Waals surface area contributed by atoms with E-state index in [0.717, 1.165) is 5.56 Å². The number of hydrogen-bond acceptors (Lipinski definition) is 4. The predicted octanol–water partition coefficient (Wildman–Crippen LogP) is 3.31. The third-order valence-electron chi connectivity index (χ3n) is 2.93. The minimum absolute atomic E-state index is 0.107. The Balaban J connectivity index is 2.26. The normalized spacial score (nSPS) is 10.9. The van der Waals surface area contributed by atoms with Gasteiger partial charge in [-0.15, -0.1) is 0 Å². The standard InChI is InChI=1S/C16H19NO3S/c1-11(2)8-17(9-13-4-5-21-10-13)16(19)15-7-14(18)6-12(3)20-15/h4-7,10-11H,8-9H2,1-3H3. The topological polar surface area (TPSA) is 50.5 Å². The lowest BCUT2D eigenvalue weighted by molar-refractivity contribution is 0.0686. The first-order chi connectivity index (χ1) is 9.95. The van der Waals surface area contributed by atoms with Gasteiger partial charge in [-0.1, -0.05) is 13.8 Å². The van der Waals surface area contributed by atoms with Crippen LogP contribution in [0.5, 0.6) is 0 Å². The highest BCUT2D eigenvalue weighted by molar-refractivity contribution is 7.07. The first-order valence-corrected chi connectivity index (χ1v) is 7.82. The third-order valence-corrected chi connectivity index (χ3v) is 3.66. The molecular weight excluding hydrogens is 286 g/mol. The lowest BCUT2D eigenvalue weighted by atomic mass is 10.2. The number of carbonyl (C=O) groups excluding carboxylic acids is 1. The molecule has 0 atom stereocenters. The van der Waals surface area contributed by atoms with E-state index in [0.29, 0.717) is 24.8 Å². The first kappa shape index (κ1) is 15.5. The Kier molecular flexibility index (Phi) is 4.96. The average Bonchev–Trinajstić information content (AvgIpc) is 2.88. The molecule has 0 saturated heterocycles. The summed E-state index contributed by atoms with van der Waals surface area (Å²) in [5.74, 6) is 0.654. The van der Waals surface area contributed by atoms with Gasteiger partial charge >= 0.3 is 0 Å². The molecule has 0 saturated carbocycles. The Morgan fingerprint density at radius 3 is 2.71 bits per heavy atom. The molecule has 0 aliphatic rings. The number of hydrogen-bond donors (Lipinski definition) is 0. The van der Waals surface area contributed by atoms with Crippen molar-refractivity contribution in [2.45, 2.75) is 27.3 Å². The van der Waals surface area contributed by atoms with E-state index in [1.165, 1.54) is 12.1 Å². The molecule has 0 radical (unpaired) electrons. The van der Waals surface area contributed by atoms with Crippen LogP contribution >= 0.6 is 11.3 Å². The van der Waals surface area contributed by atoms with Crippen molar-refractivity contribution >= 4 is 17.2 Å². The minimum Gasteiger partial charge on any atom is -0.456 e. The van der Waals surface area contributed by atoms with Gasteiger partial charge in [0, 0.05) is 25.2 Å². The minimum atomic E-state index is -0.240. The zero-order chi connectivity index (χ0) is 15.4. The molecule has 0 aliphatic carbocycles. The van der Waals surface area contributed by atoms with Crippen LogP contribution in [0.2, 0.25) is 0 Å². The summed E-state index contributed by atoms with van der Waals surface area (Å²) >= 11 is 1.60. The number of amides is 1. The highest BCUT2D eigenvalue weighted by Crippen LogP contribution is 2.14. The smallest absolute Gasteiger partial charge is 0.290 e. The lowest BCUT2D eigenvalue weighted by Crippen LogP contribution is -2.34. The van der Waals surface area contributed by atoms with Crippen LogP contribution in [-0.2, 0) is 6.54 Å². The summed E-state index contributed by atoms with van der Waals surface area (Å²) in [7, 11) is 0. The Morgan fingerprint density at radius 2 is 2.14 bits per heavy atom. The van der Waals surface area contributed by atoms with Crippen molar-refractivity contribution < 1.29 is 9.21 Å². The molecule has 4 nitrogen and oxygen atoms in total. The summed E-state index contributed by atoms with van der Waals surface area (Å²) in [6, 6.07) is 4.64. The van der Waals surface area contributed by atoms with Gasteiger partial charge in [0.05, 0.1) is 0 Å². The Bertz CT molecular complexity index is 658. The number of aryl methyl sites for hydroxylation is 1. The van der Waals surface area contributed by atoms with Crippen LogP contribution in [0, 0.1) is 12.8 Å². The van der Waals surface area contributed by atoms with Gasteiger partial charge in [0.25, 0.3) is 5.91 Å². The average molecular weight is 305 g/mol.